The monoisotopic (exact) mass is 695 g/mol. The van der Waals surface area contributed by atoms with Crippen LogP contribution < -0.4 is 19.1 Å². The molecular weight excluding hydrogens is 661 g/mol. The lowest BCUT2D eigenvalue weighted by atomic mass is 10.0. The standard InChI is InChI=1S/C35H35Cl2N3O6S/c1-2-18-38-35(42)31(21-25-10-5-3-6-11-25)39(23-28-29(36)14-9-15-30(28)37)34(41)24-40(47(43,44)27-12-7-4-8-13-27)26-16-17-32-33(22-26)46-20-19-45-32/h3-17,22,31H,2,18-21,23-24H2,1H3,(H,38,42)/t31-/m1/s1. The lowest BCUT2D eigenvalue weighted by Gasteiger charge is -2.34. The first-order valence-electron chi connectivity index (χ1n) is 15.2. The molecule has 1 atom stereocenters. The van der Waals surface area contributed by atoms with Gasteiger partial charge in [-0.15, -0.1) is 0 Å². The maximum absolute atomic E-state index is 14.6. The molecule has 246 valence electrons. The van der Waals surface area contributed by atoms with E-state index in [0.717, 1.165) is 9.87 Å². The highest BCUT2D eigenvalue weighted by Crippen LogP contribution is 2.36. The summed E-state index contributed by atoms with van der Waals surface area (Å²) in [5, 5.41) is 3.53. The van der Waals surface area contributed by atoms with Crippen molar-refractivity contribution in [3.05, 3.63) is 118 Å². The molecule has 0 fully saturated rings. The lowest BCUT2D eigenvalue weighted by molar-refractivity contribution is -0.140. The highest BCUT2D eigenvalue weighted by atomic mass is 35.5. The fraction of sp³-hybridized carbons (Fsp3) is 0.257. The third-order valence-corrected chi connectivity index (χ3v) is 10.1. The molecule has 47 heavy (non-hydrogen) atoms. The molecule has 0 aromatic heterocycles. The number of hydrogen-bond donors (Lipinski definition) is 1. The second-order valence-electron chi connectivity index (χ2n) is 10.9. The van der Waals surface area contributed by atoms with Crippen LogP contribution in [-0.4, -0.2) is 57.5 Å². The van der Waals surface area contributed by atoms with Gasteiger partial charge in [0.15, 0.2) is 11.5 Å². The minimum atomic E-state index is -4.28. The topological polar surface area (TPSA) is 105 Å². The zero-order chi connectivity index (χ0) is 33.4. The maximum atomic E-state index is 14.6. The van der Waals surface area contributed by atoms with E-state index in [0.29, 0.717) is 53.3 Å². The van der Waals surface area contributed by atoms with Gasteiger partial charge in [-0.2, -0.15) is 0 Å². The lowest BCUT2D eigenvalue weighted by Crippen LogP contribution is -2.53. The number of halogens is 2. The first-order valence-corrected chi connectivity index (χ1v) is 17.4. The molecule has 4 aromatic rings. The van der Waals surface area contributed by atoms with E-state index in [-0.39, 0.29) is 29.5 Å². The predicted molar refractivity (Wildman–Crippen MR) is 183 cm³/mol. The Morgan fingerprint density at radius 2 is 1.49 bits per heavy atom. The summed E-state index contributed by atoms with van der Waals surface area (Å²) in [7, 11) is -4.28. The number of carbonyl (C=O) groups is 2. The van der Waals surface area contributed by atoms with Gasteiger partial charge in [0.1, 0.15) is 25.8 Å². The largest absolute Gasteiger partial charge is 0.486 e. The first kappa shape index (κ1) is 34.1. The number of anilines is 1. The smallest absolute Gasteiger partial charge is 0.264 e. The van der Waals surface area contributed by atoms with Crippen LogP contribution >= 0.6 is 23.2 Å². The van der Waals surface area contributed by atoms with Crippen LogP contribution in [0, 0.1) is 0 Å². The second kappa shape index (κ2) is 15.6. The fourth-order valence-electron chi connectivity index (χ4n) is 5.21. The average Bonchev–Trinajstić information content (AvgIpc) is 3.09. The second-order valence-corrected chi connectivity index (χ2v) is 13.5. The molecule has 0 aliphatic carbocycles. The minimum absolute atomic E-state index is 0.00934. The molecule has 0 spiro atoms. The Balaban J connectivity index is 1.60. The summed E-state index contributed by atoms with van der Waals surface area (Å²) in [4.78, 5) is 29.8. The zero-order valence-electron chi connectivity index (χ0n) is 25.8. The molecule has 2 amide bonds. The SMILES string of the molecule is CCCNC(=O)[C@@H](Cc1ccccc1)N(Cc1c(Cl)cccc1Cl)C(=O)CN(c1ccc2c(c1)OCCO2)S(=O)(=O)c1ccccc1. The Hall–Kier alpha value is -4.25. The van der Waals surface area contributed by atoms with Gasteiger partial charge in [0.2, 0.25) is 11.8 Å². The van der Waals surface area contributed by atoms with Crippen LogP contribution in [0.4, 0.5) is 5.69 Å². The van der Waals surface area contributed by atoms with Crippen molar-refractivity contribution in [3.8, 4) is 11.5 Å². The van der Waals surface area contributed by atoms with Crippen LogP contribution in [0.1, 0.15) is 24.5 Å². The summed E-state index contributed by atoms with van der Waals surface area (Å²) >= 11 is 13.1. The van der Waals surface area contributed by atoms with Crippen LogP contribution in [0.3, 0.4) is 0 Å². The van der Waals surface area contributed by atoms with Crippen molar-refractivity contribution in [1.82, 2.24) is 10.2 Å². The minimum Gasteiger partial charge on any atom is -0.486 e. The van der Waals surface area contributed by atoms with E-state index in [1.165, 1.54) is 23.1 Å². The molecule has 12 heteroatoms. The van der Waals surface area contributed by atoms with Crippen molar-refractivity contribution in [1.29, 1.82) is 0 Å². The number of carbonyl (C=O) groups excluding carboxylic acids is 2. The molecule has 4 aromatic carbocycles. The van der Waals surface area contributed by atoms with Crippen LogP contribution in [-0.2, 0) is 32.6 Å². The van der Waals surface area contributed by atoms with Crippen molar-refractivity contribution >= 4 is 50.7 Å². The maximum Gasteiger partial charge on any atom is 0.264 e. The Morgan fingerprint density at radius 3 is 2.15 bits per heavy atom. The first-order chi connectivity index (χ1) is 22.7. The zero-order valence-corrected chi connectivity index (χ0v) is 28.1. The fourth-order valence-corrected chi connectivity index (χ4v) is 7.15. The van der Waals surface area contributed by atoms with Crippen LogP contribution in [0.5, 0.6) is 11.5 Å². The van der Waals surface area contributed by atoms with Gasteiger partial charge < -0.3 is 19.7 Å². The normalized spacial score (nSPS) is 13.0. The summed E-state index contributed by atoms with van der Waals surface area (Å²) in [6.07, 6.45) is 0.848. The van der Waals surface area contributed by atoms with Crippen molar-refractivity contribution in [2.75, 3.05) is 30.6 Å². The highest BCUT2D eigenvalue weighted by Gasteiger charge is 2.35. The van der Waals surface area contributed by atoms with Crippen molar-refractivity contribution in [2.45, 2.75) is 37.2 Å². The Kier molecular flexibility index (Phi) is 11.3. The van der Waals surface area contributed by atoms with Gasteiger partial charge in [0.25, 0.3) is 10.0 Å². The molecule has 0 saturated carbocycles. The molecule has 1 aliphatic heterocycles. The van der Waals surface area contributed by atoms with Crippen LogP contribution in [0.25, 0.3) is 0 Å². The number of nitrogens with one attached hydrogen (secondary N) is 1. The summed E-state index contributed by atoms with van der Waals surface area (Å²) in [5.74, 6) is -0.198. The van der Waals surface area contributed by atoms with E-state index in [4.69, 9.17) is 32.7 Å². The van der Waals surface area contributed by atoms with Gasteiger partial charge in [0.05, 0.1) is 10.6 Å². The third-order valence-electron chi connectivity index (χ3n) is 7.63. The van der Waals surface area contributed by atoms with E-state index in [9.17, 15) is 18.0 Å². The number of amides is 2. The van der Waals surface area contributed by atoms with Crippen molar-refractivity contribution in [3.63, 3.8) is 0 Å². The predicted octanol–water partition coefficient (Wildman–Crippen LogP) is 6.13. The van der Waals surface area contributed by atoms with E-state index < -0.39 is 28.5 Å². The summed E-state index contributed by atoms with van der Waals surface area (Å²) in [6.45, 7) is 2.20. The van der Waals surface area contributed by atoms with E-state index >= 15 is 0 Å². The van der Waals surface area contributed by atoms with E-state index in [1.54, 1.807) is 48.5 Å². The summed E-state index contributed by atoms with van der Waals surface area (Å²) in [5.41, 5.74) is 1.44. The molecule has 5 rings (SSSR count). The molecule has 1 aliphatic rings. The molecule has 9 nitrogen and oxygen atoms in total. The Labute approximate surface area is 285 Å². The van der Waals surface area contributed by atoms with E-state index in [2.05, 4.69) is 5.32 Å². The third kappa shape index (κ3) is 8.19. The molecule has 0 saturated heterocycles. The van der Waals surface area contributed by atoms with Gasteiger partial charge in [-0.3, -0.25) is 13.9 Å². The molecule has 1 N–H and O–H groups in total. The number of sulfonamides is 1. The summed E-state index contributed by atoms with van der Waals surface area (Å²) < 4.78 is 40.9. The number of ether oxygens (including phenoxy) is 2. The van der Waals surface area contributed by atoms with Gasteiger partial charge in [-0.1, -0.05) is 84.7 Å². The van der Waals surface area contributed by atoms with Gasteiger partial charge >= 0.3 is 0 Å². The number of rotatable bonds is 13. The van der Waals surface area contributed by atoms with E-state index in [1.807, 2.05) is 37.3 Å². The number of fused-ring (bicyclic) bond motifs is 1. The van der Waals surface area contributed by atoms with Crippen LogP contribution in [0.15, 0.2) is 102 Å². The summed E-state index contributed by atoms with van der Waals surface area (Å²) in [6, 6.07) is 25.8. The molecule has 0 bridgehead atoms. The quantitative estimate of drug-likeness (QED) is 0.181. The number of hydrogen-bond acceptors (Lipinski definition) is 6. The molecule has 1 heterocycles. The van der Waals surface area contributed by atoms with Crippen LogP contribution in [0.2, 0.25) is 10.0 Å². The van der Waals surface area contributed by atoms with Crippen molar-refractivity contribution in [2.24, 2.45) is 0 Å². The van der Waals surface area contributed by atoms with Gasteiger partial charge in [-0.25, -0.2) is 8.42 Å². The molecular formula is C35H35Cl2N3O6S. The Bertz CT molecular complexity index is 1790. The molecule has 0 unspecified atom stereocenters. The van der Waals surface area contributed by atoms with Gasteiger partial charge in [0, 0.05) is 41.2 Å². The highest BCUT2D eigenvalue weighted by molar-refractivity contribution is 7.92. The Morgan fingerprint density at radius 1 is 0.851 bits per heavy atom. The van der Waals surface area contributed by atoms with Crippen molar-refractivity contribution < 1.29 is 27.5 Å². The number of benzene rings is 4. The van der Waals surface area contributed by atoms with Gasteiger partial charge in [-0.05, 0) is 48.4 Å². The average molecular weight is 697 g/mol. The number of nitrogens with zero attached hydrogens (tertiary/aromatic N) is 2. The molecule has 0 radical (unpaired) electrons.